The second-order valence-corrected chi connectivity index (χ2v) is 6.67. The number of carbonyl (C=O) groups is 1. The van der Waals surface area contributed by atoms with Gasteiger partial charge in [-0.25, -0.2) is 4.39 Å². The summed E-state index contributed by atoms with van der Waals surface area (Å²) in [6, 6.07) is 8.77. The molecular formula is C18H17ClFN3O3. The monoisotopic (exact) mass is 377 g/mol. The van der Waals surface area contributed by atoms with E-state index >= 15 is 0 Å². The second-order valence-electron chi connectivity index (χ2n) is 6.26. The van der Waals surface area contributed by atoms with Gasteiger partial charge < -0.3 is 10.2 Å². The third kappa shape index (κ3) is 3.94. The molecule has 1 amide bonds. The highest BCUT2D eigenvalue weighted by Crippen LogP contribution is 2.31. The summed E-state index contributed by atoms with van der Waals surface area (Å²) in [6.07, 6.45) is 1.86. The van der Waals surface area contributed by atoms with Crippen LogP contribution in [0, 0.1) is 15.9 Å². The standard InChI is InChI=1S/C18H17ClFN3O3/c1-22(10-13-14(19)3-2-4-15(13)20)16-8-5-11(9-17(16)23(25)26)18(24)21-12-6-7-12/h2-5,8-9,12H,6-7,10H2,1H3,(H,21,24). The maximum absolute atomic E-state index is 14.0. The predicted molar refractivity (Wildman–Crippen MR) is 97.1 cm³/mol. The van der Waals surface area contributed by atoms with Crippen LogP contribution in [-0.2, 0) is 6.54 Å². The number of nitrogens with zero attached hydrogens (tertiary/aromatic N) is 2. The first-order valence-corrected chi connectivity index (χ1v) is 8.48. The molecule has 0 unspecified atom stereocenters. The third-order valence-corrected chi connectivity index (χ3v) is 4.57. The highest BCUT2D eigenvalue weighted by Gasteiger charge is 2.26. The molecule has 0 heterocycles. The molecule has 0 aromatic heterocycles. The molecule has 0 radical (unpaired) electrons. The van der Waals surface area contributed by atoms with Crippen LogP contribution in [0.1, 0.15) is 28.8 Å². The fraction of sp³-hybridized carbons (Fsp3) is 0.278. The molecule has 1 fully saturated rings. The SMILES string of the molecule is CN(Cc1c(F)cccc1Cl)c1ccc(C(=O)NC2CC2)cc1[N+](=O)[O-]. The number of carbonyl (C=O) groups excluding carboxylic acids is 1. The Kier molecular flexibility index (Phi) is 5.08. The molecule has 0 atom stereocenters. The van der Waals surface area contributed by atoms with E-state index < -0.39 is 10.7 Å². The third-order valence-electron chi connectivity index (χ3n) is 4.22. The lowest BCUT2D eigenvalue weighted by Crippen LogP contribution is -2.25. The molecule has 0 saturated heterocycles. The number of rotatable bonds is 6. The molecule has 2 aromatic rings. The first kappa shape index (κ1) is 18.1. The lowest BCUT2D eigenvalue weighted by molar-refractivity contribution is -0.384. The maximum atomic E-state index is 14.0. The summed E-state index contributed by atoms with van der Waals surface area (Å²) in [7, 11) is 1.61. The molecule has 1 aliphatic rings. The van der Waals surface area contributed by atoms with Crippen molar-refractivity contribution in [3.05, 3.63) is 68.5 Å². The van der Waals surface area contributed by atoms with Crippen molar-refractivity contribution in [2.24, 2.45) is 0 Å². The van der Waals surface area contributed by atoms with Gasteiger partial charge in [0.15, 0.2) is 0 Å². The minimum Gasteiger partial charge on any atom is -0.365 e. The summed E-state index contributed by atoms with van der Waals surface area (Å²) in [6.45, 7) is 0.0555. The zero-order chi connectivity index (χ0) is 18.8. The van der Waals surface area contributed by atoms with Gasteiger partial charge in [-0.15, -0.1) is 0 Å². The number of amides is 1. The van der Waals surface area contributed by atoms with Gasteiger partial charge in [-0.3, -0.25) is 14.9 Å². The summed E-state index contributed by atoms with van der Waals surface area (Å²) in [5.41, 5.74) is 0.534. The summed E-state index contributed by atoms with van der Waals surface area (Å²) >= 11 is 6.03. The highest BCUT2D eigenvalue weighted by molar-refractivity contribution is 6.31. The van der Waals surface area contributed by atoms with Gasteiger partial charge in [-0.1, -0.05) is 17.7 Å². The Morgan fingerprint density at radius 3 is 2.73 bits per heavy atom. The van der Waals surface area contributed by atoms with Crippen LogP contribution in [-0.4, -0.2) is 23.9 Å². The average molecular weight is 378 g/mol. The first-order valence-electron chi connectivity index (χ1n) is 8.10. The smallest absolute Gasteiger partial charge is 0.293 e. The van der Waals surface area contributed by atoms with Crippen molar-refractivity contribution in [2.75, 3.05) is 11.9 Å². The Morgan fingerprint density at radius 1 is 1.38 bits per heavy atom. The molecular weight excluding hydrogens is 361 g/mol. The van der Waals surface area contributed by atoms with E-state index in [2.05, 4.69) is 5.32 Å². The molecule has 8 heteroatoms. The summed E-state index contributed by atoms with van der Waals surface area (Å²) < 4.78 is 14.0. The van der Waals surface area contributed by atoms with E-state index in [9.17, 15) is 19.3 Å². The highest BCUT2D eigenvalue weighted by atomic mass is 35.5. The average Bonchev–Trinajstić information content (AvgIpc) is 3.41. The minimum absolute atomic E-state index is 0.0555. The van der Waals surface area contributed by atoms with Crippen molar-refractivity contribution < 1.29 is 14.1 Å². The van der Waals surface area contributed by atoms with Crippen LogP contribution in [0.4, 0.5) is 15.8 Å². The summed E-state index contributed by atoms with van der Waals surface area (Å²) in [5.74, 6) is -0.811. The Balaban J connectivity index is 1.88. The van der Waals surface area contributed by atoms with Crippen LogP contribution in [0.5, 0.6) is 0 Å². The van der Waals surface area contributed by atoms with E-state index in [0.717, 1.165) is 12.8 Å². The van der Waals surface area contributed by atoms with Crippen LogP contribution in [0.3, 0.4) is 0 Å². The van der Waals surface area contributed by atoms with Gasteiger partial charge in [-0.2, -0.15) is 0 Å². The molecule has 0 bridgehead atoms. The fourth-order valence-corrected chi connectivity index (χ4v) is 2.86. The topological polar surface area (TPSA) is 75.5 Å². The van der Waals surface area contributed by atoms with Gasteiger partial charge in [-0.05, 0) is 37.1 Å². The zero-order valence-corrected chi connectivity index (χ0v) is 14.8. The normalized spacial score (nSPS) is 13.3. The van der Waals surface area contributed by atoms with Gasteiger partial charge in [0.25, 0.3) is 11.6 Å². The molecule has 2 aromatic carbocycles. The Bertz CT molecular complexity index is 851. The first-order chi connectivity index (χ1) is 12.4. The van der Waals surface area contributed by atoms with Gasteiger partial charge in [0.2, 0.25) is 0 Å². The number of hydrogen-bond donors (Lipinski definition) is 1. The van der Waals surface area contributed by atoms with Crippen molar-refractivity contribution in [3.8, 4) is 0 Å². The van der Waals surface area contributed by atoms with Crippen LogP contribution in [0.25, 0.3) is 0 Å². The van der Waals surface area contributed by atoms with Crippen molar-refractivity contribution >= 4 is 28.9 Å². The van der Waals surface area contributed by atoms with Crippen molar-refractivity contribution in [2.45, 2.75) is 25.4 Å². The van der Waals surface area contributed by atoms with E-state index in [1.165, 1.54) is 35.2 Å². The summed E-state index contributed by atoms with van der Waals surface area (Å²) in [5, 5.41) is 14.5. The quantitative estimate of drug-likeness (QED) is 0.611. The van der Waals surface area contributed by atoms with E-state index in [-0.39, 0.29) is 46.0 Å². The van der Waals surface area contributed by atoms with Gasteiger partial charge in [0, 0.05) is 41.9 Å². The number of benzene rings is 2. The minimum atomic E-state index is -0.553. The number of nitrogens with one attached hydrogen (secondary N) is 1. The van der Waals surface area contributed by atoms with E-state index in [1.54, 1.807) is 13.1 Å². The molecule has 6 nitrogen and oxygen atoms in total. The lowest BCUT2D eigenvalue weighted by Gasteiger charge is -2.20. The van der Waals surface area contributed by atoms with Gasteiger partial charge in [0.05, 0.1) is 4.92 Å². The molecule has 3 rings (SSSR count). The number of nitro groups is 1. The molecule has 0 spiro atoms. The molecule has 1 N–H and O–H groups in total. The van der Waals surface area contributed by atoms with Crippen LogP contribution >= 0.6 is 11.6 Å². The number of nitro benzene ring substituents is 1. The molecule has 1 saturated carbocycles. The largest absolute Gasteiger partial charge is 0.365 e. The van der Waals surface area contributed by atoms with E-state index in [0.29, 0.717) is 0 Å². The van der Waals surface area contributed by atoms with E-state index in [1.807, 2.05) is 0 Å². The molecule has 1 aliphatic carbocycles. The number of halogens is 2. The fourth-order valence-electron chi connectivity index (χ4n) is 2.64. The predicted octanol–water partition coefficient (Wildman–Crippen LogP) is 3.92. The van der Waals surface area contributed by atoms with Gasteiger partial charge >= 0.3 is 0 Å². The Hall–Kier alpha value is -2.67. The summed E-state index contributed by atoms with van der Waals surface area (Å²) in [4.78, 5) is 24.6. The lowest BCUT2D eigenvalue weighted by atomic mass is 10.1. The maximum Gasteiger partial charge on any atom is 0.293 e. The van der Waals surface area contributed by atoms with E-state index in [4.69, 9.17) is 11.6 Å². The molecule has 26 heavy (non-hydrogen) atoms. The Morgan fingerprint density at radius 2 is 2.12 bits per heavy atom. The molecule has 136 valence electrons. The van der Waals surface area contributed by atoms with Crippen LogP contribution in [0.2, 0.25) is 5.02 Å². The van der Waals surface area contributed by atoms with Gasteiger partial charge in [0.1, 0.15) is 11.5 Å². The Labute approximate surface area is 154 Å². The van der Waals surface area contributed by atoms with Crippen LogP contribution < -0.4 is 10.2 Å². The van der Waals surface area contributed by atoms with Crippen LogP contribution in [0.15, 0.2) is 36.4 Å². The van der Waals surface area contributed by atoms with Crippen molar-refractivity contribution in [3.63, 3.8) is 0 Å². The zero-order valence-electron chi connectivity index (χ0n) is 14.0. The number of hydrogen-bond acceptors (Lipinski definition) is 4. The second kappa shape index (κ2) is 7.29. The van der Waals surface area contributed by atoms with Crippen molar-refractivity contribution in [1.82, 2.24) is 5.32 Å². The number of anilines is 1. The van der Waals surface area contributed by atoms with Crippen molar-refractivity contribution in [1.29, 1.82) is 0 Å². The molecule has 0 aliphatic heterocycles.